The zero-order valence-electron chi connectivity index (χ0n) is 11.0. The Morgan fingerprint density at radius 3 is 2.47 bits per heavy atom. The molecule has 0 fully saturated rings. The third-order valence-electron chi connectivity index (χ3n) is 2.41. The molecule has 0 radical (unpaired) electrons. The van der Waals surface area contributed by atoms with Crippen LogP contribution in [0.4, 0.5) is 5.69 Å². The summed E-state index contributed by atoms with van der Waals surface area (Å²) in [5.41, 5.74) is 6.02. The molecule has 4 nitrogen and oxygen atoms in total. The van der Waals surface area contributed by atoms with E-state index in [0.717, 1.165) is 6.42 Å². The second kappa shape index (κ2) is 7.46. The van der Waals surface area contributed by atoms with E-state index in [1.165, 1.54) is 12.1 Å². The van der Waals surface area contributed by atoms with Crippen LogP contribution in [0.15, 0.2) is 12.1 Å². The number of carbonyl (C=O) groups is 1. The highest BCUT2D eigenvalue weighted by atomic mass is 35.5. The second-order valence-electron chi connectivity index (χ2n) is 4.63. The average Bonchev–Trinajstić information content (AvgIpc) is 2.26. The molecule has 0 aromatic heterocycles. The Balaban J connectivity index is 2.46. The van der Waals surface area contributed by atoms with Crippen LogP contribution in [-0.2, 0) is 4.79 Å². The molecule has 0 spiro atoms. The van der Waals surface area contributed by atoms with Crippen molar-refractivity contribution in [1.29, 1.82) is 0 Å². The lowest BCUT2D eigenvalue weighted by Gasteiger charge is -2.11. The molecule has 0 aliphatic carbocycles. The van der Waals surface area contributed by atoms with Crippen LogP contribution < -0.4 is 15.8 Å². The summed E-state index contributed by atoms with van der Waals surface area (Å²) in [6.07, 6.45) is 0.926. The molecule has 1 aromatic rings. The number of nitrogens with one attached hydrogen (secondary N) is 1. The Hall–Kier alpha value is -1.13. The molecular formula is C13H18Cl2N2O2. The quantitative estimate of drug-likeness (QED) is 0.794. The zero-order valence-corrected chi connectivity index (χ0v) is 12.5. The summed E-state index contributed by atoms with van der Waals surface area (Å²) in [4.78, 5) is 11.5. The lowest BCUT2D eigenvalue weighted by molar-refractivity contribution is -0.123. The molecule has 1 rings (SSSR count). The van der Waals surface area contributed by atoms with Gasteiger partial charge in [-0.3, -0.25) is 4.79 Å². The lowest BCUT2D eigenvalue weighted by Crippen LogP contribution is -2.30. The first-order valence-electron chi connectivity index (χ1n) is 6.04. The standard InChI is InChI=1S/C13H18Cl2N2O2/c1-8(2)3-4-17-12(18)7-19-13-10(14)5-9(16)6-11(13)15/h5-6,8H,3-4,7,16H2,1-2H3,(H,17,18). The number of benzene rings is 1. The number of carbonyl (C=O) groups excluding carboxylic acids is 1. The van der Waals surface area contributed by atoms with E-state index in [2.05, 4.69) is 19.2 Å². The predicted molar refractivity (Wildman–Crippen MR) is 78.8 cm³/mol. The minimum Gasteiger partial charge on any atom is -0.481 e. The maximum atomic E-state index is 11.5. The van der Waals surface area contributed by atoms with Gasteiger partial charge in [-0.25, -0.2) is 0 Å². The van der Waals surface area contributed by atoms with Gasteiger partial charge in [0.25, 0.3) is 5.91 Å². The molecule has 0 unspecified atom stereocenters. The molecule has 19 heavy (non-hydrogen) atoms. The van der Waals surface area contributed by atoms with E-state index in [0.29, 0.717) is 28.2 Å². The molecule has 0 aliphatic rings. The maximum absolute atomic E-state index is 11.5. The van der Waals surface area contributed by atoms with Crippen molar-refractivity contribution in [2.45, 2.75) is 20.3 Å². The van der Waals surface area contributed by atoms with E-state index in [9.17, 15) is 4.79 Å². The van der Waals surface area contributed by atoms with Gasteiger partial charge in [0.15, 0.2) is 12.4 Å². The number of anilines is 1. The lowest BCUT2D eigenvalue weighted by atomic mass is 10.1. The fourth-order valence-corrected chi connectivity index (χ4v) is 2.02. The molecule has 106 valence electrons. The molecule has 0 aliphatic heterocycles. The van der Waals surface area contributed by atoms with E-state index >= 15 is 0 Å². The van der Waals surface area contributed by atoms with E-state index in [4.69, 9.17) is 33.7 Å². The fraction of sp³-hybridized carbons (Fsp3) is 0.462. The minimum absolute atomic E-state index is 0.124. The van der Waals surface area contributed by atoms with Gasteiger partial charge in [0.2, 0.25) is 0 Å². The highest BCUT2D eigenvalue weighted by Crippen LogP contribution is 2.34. The Bertz CT molecular complexity index is 427. The van der Waals surface area contributed by atoms with Gasteiger partial charge in [-0.15, -0.1) is 0 Å². The summed E-state index contributed by atoms with van der Waals surface area (Å²) in [7, 11) is 0. The largest absolute Gasteiger partial charge is 0.481 e. The third kappa shape index (κ3) is 5.57. The summed E-state index contributed by atoms with van der Waals surface area (Å²) in [6, 6.07) is 3.05. The molecule has 0 saturated carbocycles. The van der Waals surface area contributed by atoms with E-state index in [-0.39, 0.29) is 18.3 Å². The molecule has 6 heteroatoms. The van der Waals surface area contributed by atoms with Gasteiger partial charge in [0.1, 0.15) is 0 Å². The fourth-order valence-electron chi connectivity index (χ4n) is 1.41. The first-order valence-corrected chi connectivity index (χ1v) is 6.79. The predicted octanol–water partition coefficient (Wildman–Crippen LogP) is 3.12. The molecular weight excluding hydrogens is 287 g/mol. The number of nitrogens with two attached hydrogens (primary N) is 1. The summed E-state index contributed by atoms with van der Waals surface area (Å²) in [5, 5.41) is 3.34. The van der Waals surface area contributed by atoms with Crippen LogP contribution in [-0.4, -0.2) is 19.1 Å². The van der Waals surface area contributed by atoms with Crippen LogP contribution >= 0.6 is 23.2 Å². The summed E-state index contributed by atoms with van der Waals surface area (Å²) >= 11 is 11.9. The van der Waals surface area contributed by atoms with Crippen LogP contribution in [0.5, 0.6) is 5.75 Å². The number of halogens is 2. The van der Waals surface area contributed by atoms with Crippen molar-refractivity contribution in [3.05, 3.63) is 22.2 Å². The molecule has 1 aromatic carbocycles. The number of nitrogen functional groups attached to an aromatic ring is 1. The highest BCUT2D eigenvalue weighted by Gasteiger charge is 2.11. The van der Waals surface area contributed by atoms with Crippen molar-refractivity contribution in [2.24, 2.45) is 5.92 Å². The van der Waals surface area contributed by atoms with Gasteiger partial charge in [0.05, 0.1) is 10.0 Å². The molecule has 0 heterocycles. The van der Waals surface area contributed by atoms with E-state index in [1.807, 2.05) is 0 Å². The smallest absolute Gasteiger partial charge is 0.257 e. The SMILES string of the molecule is CC(C)CCNC(=O)COc1c(Cl)cc(N)cc1Cl. The summed E-state index contributed by atoms with van der Waals surface area (Å²) in [6.45, 7) is 4.69. The minimum atomic E-state index is -0.204. The zero-order chi connectivity index (χ0) is 14.4. The number of amides is 1. The van der Waals surface area contributed by atoms with Gasteiger partial charge in [0, 0.05) is 12.2 Å². The third-order valence-corrected chi connectivity index (χ3v) is 2.97. The Labute approximate surface area is 123 Å². The van der Waals surface area contributed by atoms with Crippen molar-refractivity contribution in [3.8, 4) is 5.75 Å². The number of hydrogen-bond donors (Lipinski definition) is 2. The van der Waals surface area contributed by atoms with Gasteiger partial charge in [-0.2, -0.15) is 0 Å². The van der Waals surface area contributed by atoms with Crippen LogP contribution in [0.25, 0.3) is 0 Å². The Morgan fingerprint density at radius 2 is 1.95 bits per heavy atom. The maximum Gasteiger partial charge on any atom is 0.257 e. The summed E-state index contributed by atoms with van der Waals surface area (Å²) < 4.78 is 5.31. The normalized spacial score (nSPS) is 10.6. The number of rotatable bonds is 6. The second-order valence-corrected chi connectivity index (χ2v) is 5.45. The first kappa shape index (κ1) is 15.9. The van der Waals surface area contributed by atoms with Gasteiger partial charge < -0.3 is 15.8 Å². The topological polar surface area (TPSA) is 64.3 Å². The monoisotopic (exact) mass is 304 g/mol. The highest BCUT2D eigenvalue weighted by molar-refractivity contribution is 6.37. The van der Waals surface area contributed by atoms with Crippen molar-refractivity contribution in [3.63, 3.8) is 0 Å². The van der Waals surface area contributed by atoms with Gasteiger partial charge in [-0.05, 0) is 24.5 Å². The van der Waals surface area contributed by atoms with Crippen molar-refractivity contribution >= 4 is 34.8 Å². The van der Waals surface area contributed by atoms with Crippen molar-refractivity contribution in [2.75, 3.05) is 18.9 Å². The van der Waals surface area contributed by atoms with Crippen LogP contribution in [0.2, 0.25) is 10.0 Å². The molecule has 0 bridgehead atoms. The van der Waals surface area contributed by atoms with Crippen LogP contribution in [0.1, 0.15) is 20.3 Å². The first-order chi connectivity index (χ1) is 8.90. The van der Waals surface area contributed by atoms with Crippen molar-refractivity contribution in [1.82, 2.24) is 5.32 Å². The molecule has 1 amide bonds. The average molecular weight is 305 g/mol. The van der Waals surface area contributed by atoms with Crippen molar-refractivity contribution < 1.29 is 9.53 Å². The molecule has 0 saturated heterocycles. The number of hydrogen-bond acceptors (Lipinski definition) is 3. The van der Waals surface area contributed by atoms with E-state index < -0.39 is 0 Å². The van der Waals surface area contributed by atoms with Gasteiger partial charge >= 0.3 is 0 Å². The molecule has 3 N–H and O–H groups in total. The number of ether oxygens (including phenoxy) is 1. The van der Waals surface area contributed by atoms with Crippen LogP contribution in [0, 0.1) is 5.92 Å². The Morgan fingerprint density at radius 1 is 1.37 bits per heavy atom. The molecule has 0 atom stereocenters. The van der Waals surface area contributed by atoms with E-state index in [1.54, 1.807) is 0 Å². The van der Waals surface area contributed by atoms with Crippen LogP contribution in [0.3, 0.4) is 0 Å². The summed E-state index contributed by atoms with van der Waals surface area (Å²) in [5.74, 6) is 0.614. The Kier molecular flexibility index (Phi) is 6.25. The van der Waals surface area contributed by atoms with Gasteiger partial charge in [-0.1, -0.05) is 37.0 Å².